The number of aliphatic hydroxyl groups is 4. The van der Waals surface area contributed by atoms with E-state index in [1.165, 1.54) is 13.8 Å². The molecule has 272 valence electrons. The van der Waals surface area contributed by atoms with Gasteiger partial charge in [-0.05, 0) is 57.4 Å². The van der Waals surface area contributed by atoms with Gasteiger partial charge in [-0.3, -0.25) is 9.59 Å². The van der Waals surface area contributed by atoms with Gasteiger partial charge in [-0.25, -0.2) is 0 Å². The Morgan fingerprint density at radius 3 is 2.40 bits per heavy atom. The third-order valence-corrected chi connectivity index (χ3v) is 10.8. The van der Waals surface area contributed by atoms with Gasteiger partial charge in [0.2, 0.25) is 0 Å². The Morgan fingerprint density at radius 1 is 1.10 bits per heavy atom. The normalized spacial score (nSPS) is 40.2. The average molecular weight is 681 g/mol. The molecule has 3 aliphatic carbocycles. The Labute approximate surface area is 284 Å². The van der Waals surface area contributed by atoms with Gasteiger partial charge in [0.15, 0.2) is 12.4 Å². The summed E-state index contributed by atoms with van der Waals surface area (Å²) in [5.74, 6) is -1.70. The van der Waals surface area contributed by atoms with E-state index in [1.807, 2.05) is 20.8 Å². The SMILES string of the molecule is C=CC(C)(C)OCC1OC(O[C@@H]2C3=C([C@H](C)COC(C)=O)C[C@H](O)[C@]3(C)/C=C3/[C@@H](COC)CC[C@H]3[C@@H](C)[C@H]2O)C(O)C(OC(C)=O)C1O. The highest BCUT2D eigenvalue weighted by atomic mass is 16.7. The molecule has 1 heterocycles. The van der Waals surface area contributed by atoms with E-state index in [1.54, 1.807) is 27.0 Å². The van der Waals surface area contributed by atoms with Gasteiger partial charge in [-0.15, -0.1) is 6.58 Å². The number of hydrogen-bond acceptors (Lipinski definition) is 12. The molecule has 1 aliphatic heterocycles. The Bertz CT molecular complexity index is 1240. The number of hydrogen-bond donors (Lipinski definition) is 4. The molecule has 0 spiro atoms. The Balaban J connectivity index is 1.82. The maximum Gasteiger partial charge on any atom is 0.303 e. The minimum absolute atomic E-state index is 0.0190. The molecule has 0 aromatic carbocycles. The molecule has 0 bridgehead atoms. The molecule has 12 nitrogen and oxygen atoms in total. The molecule has 0 amide bonds. The van der Waals surface area contributed by atoms with E-state index in [0.29, 0.717) is 12.2 Å². The first-order valence-corrected chi connectivity index (χ1v) is 17.0. The number of rotatable bonds is 12. The van der Waals surface area contributed by atoms with Crippen LogP contribution >= 0.6 is 0 Å². The van der Waals surface area contributed by atoms with E-state index < -0.39 is 72.0 Å². The van der Waals surface area contributed by atoms with Crippen molar-refractivity contribution in [3.05, 3.63) is 35.5 Å². The fraction of sp³-hybridized carbons (Fsp3) is 0.778. The molecule has 1 saturated carbocycles. The number of esters is 2. The second kappa shape index (κ2) is 15.4. The van der Waals surface area contributed by atoms with Crippen LogP contribution in [0.15, 0.2) is 35.5 Å². The molecule has 48 heavy (non-hydrogen) atoms. The second-order valence-electron chi connectivity index (χ2n) is 14.7. The zero-order valence-electron chi connectivity index (χ0n) is 29.6. The van der Waals surface area contributed by atoms with Crippen molar-refractivity contribution in [1.82, 2.24) is 0 Å². The molecule has 4 aliphatic rings. The molecule has 13 atom stereocenters. The number of ether oxygens (including phenoxy) is 6. The minimum atomic E-state index is -1.63. The van der Waals surface area contributed by atoms with E-state index in [9.17, 15) is 30.0 Å². The van der Waals surface area contributed by atoms with E-state index >= 15 is 0 Å². The van der Waals surface area contributed by atoms with Gasteiger partial charge in [0.05, 0.1) is 37.6 Å². The molecule has 2 fully saturated rings. The smallest absolute Gasteiger partial charge is 0.303 e. The summed E-state index contributed by atoms with van der Waals surface area (Å²) in [6, 6.07) is 0. The number of methoxy groups -OCH3 is 1. The minimum Gasteiger partial charge on any atom is -0.465 e. The molecule has 0 radical (unpaired) electrons. The van der Waals surface area contributed by atoms with E-state index in [0.717, 1.165) is 24.0 Å². The summed E-state index contributed by atoms with van der Waals surface area (Å²) in [6.45, 7) is 16.0. The monoisotopic (exact) mass is 680 g/mol. The number of aliphatic hydroxyl groups excluding tert-OH is 4. The molecule has 1 saturated heterocycles. The van der Waals surface area contributed by atoms with E-state index in [4.69, 9.17) is 28.4 Å². The molecule has 5 unspecified atom stereocenters. The van der Waals surface area contributed by atoms with Crippen LogP contribution in [0.25, 0.3) is 0 Å². The fourth-order valence-corrected chi connectivity index (χ4v) is 7.88. The van der Waals surface area contributed by atoms with Crippen molar-refractivity contribution in [3.63, 3.8) is 0 Å². The third-order valence-electron chi connectivity index (χ3n) is 10.8. The van der Waals surface area contributed by atoms with Crippen LogP contribution in [0.1, 0.15) is 67.7 Å². The fourth-order valence-electron chi connectivity index (χ4n) is 7.88. The summed E-state index contributed by atoms with van der Waals surface area (Å²) in [5, 5.41) is 46.7. The lowest BCUT2D eigenvalue weighted by Gasteiger charge is -2.47. The summed E-state index contributed by atoms with van der Waals surface area (Å²) in [7, 11) is 1.66. The second-order valence-corrected chi connectivity index (χ2v) is 14.7. The predicted molar refractivity (Wildman–Crippen MR) is 174 cm³/mol. The Morgan fingerprint density at radius 2 is 1.79 bits per heavy atom. The lowest BCUT2D eigenvalue weighted by atomic mass is 9.68. The van der Waals surface area contributed by atoms with Crippen molar-refractivity contribution in [1.29, 1.82) is 0 Å². The molecule has 4 rings (SSSR count). The van der Waals surface area contributed by atoms with Crippen molar-refractivity contribution in [2.75, 3.05) is 26.9 Å². The van der Waals surface area contributed by atoms with Crippen LogP contribution in [0.3, 0.4) is 0 Å². The molecule has 4 N–H and O–H groups in total. The summed E-state index contributed by atoms with van der Waals surface area (Å²) in [6.07, 6.45) is -4.54. The van der Waals surface area contributed by atoms with Gasteiger partial charge in [0.25, 0.3) is 0 Å². The maximum absolute atomic E-state index is 12.3. The third kappa shape index (κ3) is 7.91. The van der Waals surface area contributed by atoms with Gasteiger partial charge in [0, 0.05) is 38.2 Å². The van der Waals surface area contributed by atoms with E-state index in [2.05, 4.69) is 12.7 Å². The lowest BCUT2D eigenvalue weighted by molar-refractivity contribution is -0.320. The first-order valence-electron chi connectivity index (χ1n) is 17.0. The molecular weight excluding hydrogens is 624 g/mol. The summed E-state index contributed by atoms with van der Waals surface area (Å²) in [5.41, 5.74) is 0.746. The molecular formula is C36H56O12. The number of fused-ring (bicyclic) bond motifs is 2. The lowest BCUT2D eigenvalue weighted by Crippen LogP contribution is -2.62. The quantitative estimate of drug-likeness (QED) is 0.176. The standard InChI is InChI=1S/C36H56O12/c1-10-35(6,7)45-17-26-30(41)33(46-21(5)38)31(42)34(47-26)48-32-28-24(18(2)15-44-20(4)37)13-27(39)36(28,8)14-25-22(16-43-9)11-12-23(25)19(3)29(32)40/h10,14,18-19,22-23,26-27,29-34,39-42H,1,11-13,15-17H2,2-9H3/b25-14-/t18-,19-,22-,23+,26?,27+,29-,30?,31?,32-,33?,34?,36+/m1/s1. The van der Waals surface area contributed by atoms with Crippen LogP contribution in [-0.4, -0.2) is 114 Å². The van der Waals surface area contributed by atoms with Crippen molar-refractivity contribution >= 4 is 11.9 Å². The topological polar surface area (TPSA) is 170 Å². The van der Waals surface area contributed by atoms with Crippen LogP contribution in [0.5, 0.6) is 0 Å². The zero-order chi connectivity index (χ0) is 35.7. The average Bonchev–Trinajstić information content (AvgIpc) is 3.52. The Kier molecular flexibility index (Phi) is 12.4. The highest BCUT2D eigenvalue weighted by molar-refractivity contribution is 5.66. The molecule has 12 heteroatoms. The highest BCUT2D eigenvalue weighted by Crippen LogP contribution is 2.56. The largest absolute Gasteiger partial charge is 0.465 e. The van der Waals surface area contributed by atoms with Crippen LogP contribution in [-0.2, 0) is 38.0 Å². The zero-order valence-corrected chi connectivity index (χ0v) is 29.6. The van der Waals surface area contributed by atoms with Crippen molar-refractivity contribution in [3.8, 4) is 0 Å². The maximum atomic E-state index is 12.3. The predicted octanol–water partition coefficient (Wildman–Crippen LogP) is 2.61. The van der Waals surface area contributed by atoms with Crippen LogP contribution in [0, 0.1) is 29.1 Å². The van der Waals surface area contributed by atoms with Gasteiger partial charge in [0.1, 0.15) is 24.4 Å². The van der Waals surface area contributed by atoms with Crippen LogP contribution in [0.2, 0.25) is 0 Å². The number of carbonyl (C=O) groups is 2. The van der Waals surface area contributed by atoms with E-state index in [-0.39, 0.29) is 43.3 Å². The van der Waals surface area contributed by atoms with Crippen molar-refractivity contribution in [2.24, 2.45) is 29.1 Å². The highest BCUT2D eigenvalue weighted by Gasteiger charge is 2.56. The van der Waals surface area contributed by atoms with Gasteiger partial charge in [-0.1, -0.05) is 37.1 Å². The molecule has 0 aromatic heterocycles. The van der Waals surface area contributed by atoms with Gasteiger partial charge < -0.3 is 48.8 Å². The summed E-state index contributed by atoms with van der Waals surface area (Å²) in [4.78, 5) is 23.8. The van der Waals surface area contributed by atoms with Gasteiger partial charge >= 0.3 is 11.9 Å². The van der Waals surface area contributed by atoms with Crippen LogP contribution < -0.4 is 0 Å². The number of carbonyl (C=O) groups excluding carboxylic acids is 2. The summed E-state index contributed by atoms with van der Waals surface area (Å²) >= 11 is 0. The van der Waals surface area contributed by atoms with Crippen LogP contribution in [0.4, 0.5) is 0 Å². The summed E-state index contributed by atoms with van der Waals surface area (Å²) < 4.78 is 35.1. The Hall–Kier alpha value is -2.16. The van der Waals surface area contributed by atoms with Gasteiger partial charge in [-0.2, -0.15) is 0 Å². The van der Waals surface area contributed by atoms with Crippen molar-refractivity contribution in [2.45, 2.75) is 122 Å². The van der Waals surface area contributed by atoms with Crippen molar-refractivity contribution < 1.29 is 58.4 Å². The first kappa shape index (κ1) is 38.6. The molecule has 0 aromatic rings. The first-order chi connectivity index (χ1) is 22.4.